The molecule has 1 amide bonds. The van der Waals surface area contributed by atoms with Gasteiger partial charge in [-0.25, -0.2) is 0 Å². The van der Waals surface area contributed by atoms with Crippen molar-refractivity contribution < 1.29 is 4.79 Å². The molecule has 0 saturated carbocycles. The molecule has 4 nitrogen and oxygen atoms in total. The fraction of sp³-hybridized carbons (Fsp3) is 0.923. The predicted molar refractivity (Wildman–Crippen MR) is 68.9 cm³/mol. The Morgan fingerprint density at radius 2 is 2.24 bits per heavy atom. The van der Waals surface area contributed by atoms with Gasteiger partial charge >= 0.3 is 0 Å². The van der Waals surface area contributed by atoms with Crippen molar-refractivity contribution in [1.29, 1.82) is 0 Å². The Bertz CT molecular complexity index is 251. The molecule has 0 radical (unpaired) electrons. The number of carbonyl (C=O) groups is 1. The number of rotatable bonds is 4. The minimum Gasteiger partial charge on any atom is -0.355 e. The van der Waals surface area contributed by atoms with Crippen molar-refractivity contribution >= 4 is 5.91 Å². The molecule has 2 heterocycles. The molecular formula is C13H25N3O. The molecule has 2 saturated heterocycles. The van der Waals surface area contributed by atoms with Crippen LogP contribution in [0.2, 0.25) is 0 Å². The van der Waals surface area contributed by atoms with Gasteiger partial charge < -0.3 is 10.6 Å². The topological polar surface area (TPSA) is 44.4 Å². The number of likely N-dealkylation sites (N-methyl/N-ethyl adjacent to an activating group) is 1. The van der Waals surface area contributed by atoms with Crippen LogP contribution in [-0.4, -0.2) is 49.1 Å². The van der Waals surface area contributed by atoms with E-state index in [2.05, 4.69) is 15.5 Å². The largest absolute Gasteiger partial charge is 0.355 e. The van der Waals surface area contributed by atoms with Crippen LogP contribution < -0.4 is 10.6 Å². The average Bonchev–Trinajstić information content (AvgIpc) is 2.83. The summed E-state index contributed by atoms with van der Waals surface area (Å²) in [7, 11) is 0. The highest BCUT2D eigenvalue weighted by molar-refractivity contribution is 5.78. The van der Waals surface area contributed by atoms with Crippen LogP contribution in [0.3, 0.4) is 0 Å². The van der Waals surface area contributed by atoms with Gasteiger partial charge in [-0.1, -0.05) is 6.42 Å². The standard InChI is InChI=1S/C13H25N3O/c1-2-14-13(17)10-16-9-4-3-7-12(16)11-6-5-8-15-11/h11-12,15H,2-10H2,1H3,(H,14,17). The number of likely N-dealkylation sites (tertiary alicyclic amines) is 1. The van der Waals surface area contributed by atoms with E-state index >= 15 is 0 Å². The van der Waals surface area contributed by atoms with Gasteiger partial charge in [0.05, 0.1) is 6.54 Å². The Kier molecular flexibility index (Phi) is 4.80. The summed E-state index contributed by atoms with van der Waals surface area (Å²) in [6.07, 6.45) is 6.36. The highest BCUT2D eigenvalue weighted by atomic mass is 16.2. The summed E-state index contributed by atoms with van der Waals surface area (Å²) in [6.45, 7) is 5.52. The minimum atomic E-state index is 0.178. The maximum Gasteiger partial charge on any atom is 0.234 e. The second-order valence-corrected chi connectivity index (χ2v) is 5.19. The van der Waals surface area contributed by atoms with E-state index in [4.69, 9.17) is 0 Å². The maximum absolute atomic E-state index is 11.7. The van der Waals surface area contributed by atoms with Crippen LogP contribution in [0.5, 0.6) is 0 Å². The molecule has 2 atom stereocenters. The maximum atomic E-state index is 11.7. The van der Waals surface area contributed by atoms with Crippen molar-refractivity contribution in [3.8, 4) is 0 Å². The minimum absolute atomic E-state index is 0.178. The molecule has 0 aromatic heterocycles. The van der Waals surface area contributed by atoms with Gasteiger partial charge in [-0.3, -0.25) is 9.69 Å². The third-order valence-corrected chi connectivity index (χ3v) is 3.95. The van der Waals surface area contributed by atoms with Gasteiger partial charge in [0.2, 0.25) is 5.91 Å². The van der Waals surface area contributed by atoms with E-state index in [9.17, 15) is 4.79 Å². The lowest BCUT2D eigenvalue weighted by molar-refractivity contribution is -0.123. The van der Waals surface area contributed by atoms with E-state index in [0.717, 1.165) is 19.6 Å². The van der Waals surface area contributed by atoms with Crippen LogP contribution in [-0.2, 0) is 4.79 Å². The predicted octanol–water partition coefficient (Wildman–Crippen LogP) is 0.729. The zero-order valence-electron chi connectivity index (χ0n) is 10.9. The number of hydrogen-bond acceptors (Lipinski definition) is 3. The number of hydrogen-bond donors (Lipinski definition) is 2. The molecule has 17 heavy (non-hydrogen) atoms. The van der Waals surface area contributed by atoms with Gasteiger partial charge in [-0.15, -0.1) is 0 Å². The average molecular weight is 239 g/mol. The molecule has 0 bridgehead atoms. The molecule has 0 aliphatic carbocycles. The van der Waals surface area contributed by atoms with Crippen molar-refractivity contribution in [3.05, 3.63) is 0 Å². The molecule has 2 N–H and O–H groups in total. The SMILES string of the molecule is CCNC(=O)CN1CCCCC1C1CCCN1. The van der Waals surface area contributed by atoms with Gasteiger partial charge in [0.25, 0.3) is 0 Å². The van der Waals surface area contributed by atoms with E-state index in [-0.39, 0.29) is 5.91 Å². The lowest BCUT2D eigenvalue weighted by Crippen LogP contribution is -2.53. The second-order valence-electron chi connectivity index (χ2n) is 5.19. The molecule has 2 fully saturated rings. The van der Waals surface area contributed by atoms with E-state index in [1.165, 1.54) is 32.1 Å². The molecule has 2 aliphatic heterocycles. The van der Waals surface area contributed by atoms with Crippen LogP contribution in [0.4, 0.5) is 0 Å². The Balaban J connectivity index is 1.89. The van der Waals surface area contributed by atoms with Crippen LogP contribution in [0, 0.1) is 0 Å². The third-order valence-electron chi connectivity index (χ3n) is 3.95. The van der Waals surface area contributed by atoms with Crippen LogP contribution in [0.1, 0.15) is 39.0 Å². The van der Waals surface area contributed by atoms with Crippen molar-refractivity contribution in [2.24, 2.45) is 0 Å². The number of nitrogens with one attached hydrogen (secondary N) is 2. The normalized spacial score (nSPS) is 30.4. The van der Waals surface area contributed by atoms with Gasteiger partial charge in [0.1, 0.15) is 0 Å². The summed E-state index contributed by atoms with van der Waals surface area (Å²) < 4.78 is 0. The van der Waals surface area contributed by atoms with E-state index in [1.54, 1.807) is 0 Å². The van der Waals surface area contributed by atoms with E-state index < -0.39 is 0 Å². The van der Waals surface area contributed by atoms with Crippen molar-refractivity contribution in [1.82, 2.24) is 15.5 Å². The molecule has 0 aromatic rings. The Morgan fingerprint density at radius 3 is 2.94 bits per heavy atom. The van der Waals surface area contributed by atoms with E-state index in [0.29, 0.717) is 18.6 Å². The van der Waals surface area contributed by atoms with Crippen molar-refractivity contribution in [2.45, 2.75) is 51.1 Å². The quantitative estimate of drug-likeness (QED) is 0.760. The zero-order chi connectivity index (χ0) is 12.1. The lowest BCUT2D eigenvalue weighted by Gasteiger charge is -2.38. The first-order valence-electron chi connectivity index (χ1n) is 7.05. The molecule has 0 aromatic carbocycles. The summed E-state index contributed by atoms with van der Waals surface area (Å²) in [5, 5.41) is 6.49. The third kappa shape index (κ3) is 3.42. The number of carbonyl (C=O) groups excluding carboxylic acids is 1. The monoisotopic (exact) mass is 239 g/mol. The molecule has 2 aliphatic rings. The van der Waals surface area contributed by atoms with Crippen LogP contribution in [0.25, 0.3) is 0 Å². The molecule has 4 heteroatoms. The summed E-state index contributed by atoms with van der Waals surface area (Å²) in [5.74, 6) is 0.178. The van der Waals surface area contributed by atoms with Gasteiger partial charge in [0, 0.05) is 18.6 Å². The molecule has 2 rings (SSSR count). The van der Waals surface area contributed by atoms with Crippen molar-refractivity contribution in [3.63, 3.8) is 0 Å². The smallest absolute Gasteiger partial charge is 0.234 e. The number of amides is 1. The Morgan fingerprint density at radius 1 is 1.35 bits per heavy atom. The first-order chi connectivity index (χ1) is 8.31. The lowest BCUT2D eigenvalue weighted by atomic mass is 9.94. The molecule has 0 spiro atoms. The van der Waals surface area contributed by atoms with Gasteiger partial charge in [0.15, 0.2) is 0 Å². The van der Waals surface area contributed by atoms with E-state index in [1.807, 2.05) is 6.92 Å². The highest BCUT2D eigenvalue weighted by Crippen LogP contribution is 2.23. The number of piperidine rings is 1. The Hall–Kier alpha value is -0.610. The first kappa shape index (κ1) is 12.8. The van der Waals surface area contributed by atoms with Gasteiger partial charge in [-0.05, 0) is 45.7 Å². The first-order valence-corrected chi connectivity index (χ1v) is 7.05. The highest BCUT2D eigenvalue weighted by Gasteiger charge is 2.32. The summed E-state index contributed by atoms with van der Waals surface area (Å²) >= 11 is 0. The zero-order valence-corrected chi connectivity index (χ0v) is 10.9. The fourth-order valence-corrected chi connectivity index (χ4v) is 3.15. The summed E-state index contributed by atoms with van der Waals surface area (Å²) in [6, 6.07) is 1.19. The molecule has 2 unspecified atom stereocenters. The summed E-state index contributed by atoms with van der Waals surface area (Å²) in [4.78, 5) is 14.1. The molecule has 98 valence electrons. The fourth-order valence-electron chi connectivity index (χ4n) is 3.15. The van der Waals surface area contributed by atoms with Crippen LogP contribution in [0.15, 0.2) is 0 Å². The number of nitrogens with zero attached hydrogens (tertiary/aromatic N) is 1. The summed E-state index contributed by atoms with van der Waals surface area (Å²) in [5.41, 5.74) is 0. The van der Waals surface area contributed by atoms with Crippen LogP contribution >= 0.6 is 0 Å². The Labute approximate surface area is 104 Å². The van der Waals surface area contributed by atoms with Crippen molar-refractivity contribution in [2.75, 3.05) is 26.2 Å². The molecular weight excluding hydrogens is 214 g/mol. The second kappa shape index (κ2) is 6.36. The van der Waals surface area contributed by atoms with Gasteiger partial charge in [-0.2, -0.15) is 0 Å².